The van der Waals surface area contributed by atoms with E-state index in [0.29, 0.717) is 10.6 Å². The minimum Gasteiger partial charge on any atom is -0.477 e. The minimum absolute atomic E-state index is 0.243. The Morgan fingerprint density at radius 1 is 1.26 bits per heavy atom. The smallest absolute Gasteiger partial charge is 0.347 e. The van der Waals surface area contributed by atoms with Crippen LogP contribution < -0.4 is 4.90 Å². The van der Waals surface area contributed by atoms with Crippen LogP contribution in [-0.4, -0.2) is 29.1 Å². The summed E-state index contributed by atoms with van der Waals surface area (Å²) in [5, 5.41) is 10.2. The van der Waals surface area contributed by atoms with E-state index in [0.717, 1.165) is 31.1 Å². The maximum absolute atomic E-state index is 11.4. The standard InChI is InChI=1S/C14H24N2O2S/c1-6-8-16(9-7-2)13-15-11(14(3,4)5)10(19-13)12(17)18/h6-9H2,1-5H3,(H,17,18). The van der Waals surface area contributed by atoms with Crippen molar-refractivity contribution in [1.29, 1.82) is 0 Å². The molecular weight excluding hydrogens is 260 g/mol. The quantitative estimate of drug-likeness (QED) is 0.864. The van der Waals surface area contributed by atoms with Gasteiger partial charge in [-0.1, -0.05) is 46.0 Å². The molecule has 0 radical (unpaired) electrons. The number of hydrogen-bond donors (Lipinski definition) is 1. The van der Waals surface area contributed by atoms with Gasteiger partial charge in [0.2, 0.25) is 0 Å². The van der Waals surface area contributed by atoms with Crippen molar-refractivity contribution in [3.63, 3.8) is 0 Å². The fourth-order valence-electron chi connectivity index (χ4n) is 1.94. The first-order valence-corrected chi connectivity index (χ1v) is 7.62. The number of anilines is 1. The molecule has 1 heterocycles. The van der Waals surface area contributed by atoms with Crippen molar-refractivity contribution in [2.75, 3.05) is 18.0 Å². The number of aromatic nitrogens is 1. The Morgan fingerprint density at radius 3 is 2.11 bits per heavy atom. The molecule has 0 fully saturated rings. The normalized spacial score (nSPS) is 11.6. The second kappa shape index (κ2) is 6.37. The van der Waals surface area contributed by atoms with E-state index in [1.54, 1.807) is 0 Å². The summed E-state index contributed by atoms with van der Waals surface area (Å²) in [6.07, 6.45) is 2.07. The molecule has 108 valence electrons. The van der Waals surface area contributed by atoms with Crippen molar-refractivity contribution in [2.24, 2.45) is 0 Å². The van der Waals surface area contributed by atoms with E-state index in [9.17, 15) is 9.90 Å². The first-order valence-electron chi connectivity index (χ1n) is 6.80. The monoisotopic (exact) mass is 284 g/mol. The van der Waals surface area contributed by atoms with E-state index in [1.807, 2.05) is 20.8 Å². The third-order valence-corrected chi connectivity index (χ3v) is 3.88. The van der Waals surface area contributed by atoms with E-state index in [-0.39, 0.29) is 5.41 Å². The zero-order valence-electron chi connectivity index (χ0n) is 12.5. The summed E-state index contributed by atoms with van der Waals surface area (Å²) in [5.41, 5.74) is 0.448. The van der Waals surface area contributed by atoms with Gasteiger partial charge < -0.3 is 10.0 Å². The lowest BCUT2D eigenvalue weighted by Crippen LogP contribution is -2.25. The zero-order chi connectivity index (χ0) is 14.6. The summed E-state index contributed by atoms with van der Waals surface area (Å²) < 4.78 is 0. The predicted octanol–water partition coefficient (Wildman–Crippen LogP) is 3.77. The van der Waals surface area contributed by atoms with Gasteiger partial charge in [0.05, 0.1) is 5.69 Å². The van der Waals surface area contributed by atoms with Crippen molar-refractivity contribution in [2.45, 2.75) is 52.9 Å². The van der Waals surface area contributed by atoms with E-state index in [4.69, 9.17) is 0 Å². The molecule has 0 spiro atoms. The molecule has 1 rings (SSSR count). The third-order valence-electron chi connectivity index (χ3n) is 2.78. The van der Waals surface area contributed by atoms with Gasteiger partial charge in [0.25, 0.3) is 0 Å². The molecule has 5 heteroatoms. The van der Waals surface area contributed by atoms with Crippen LogP contribution in [0.5, 0.6) is 0 Å². The molecule has 1 N–H and O–H groups in total. The van der Waals surface area contributed by atoms with Gasteiger partial charge in [0.1, 0.15) is 4.88 Å². The number of nitrogens with zero attached hydrogens (tertiary/aromatic N) is 2. The number of carboxylic acid groups (broad SMARTS) is 1. The van der Waals surface area contributed by atoms with Gasteiger partial charge >= 0.3 is 5.97 Å². The second-order valence-electron chi connectivity index (χ2n) is 5.72. The molecule has 0 atom stereocenters. The van der Waals surface area contributed by atoms with Crippen LogP contribution in [-0.2, 0) is 5.41 Å². The van der Waals surface area contributed by atoms with Crippen LogP contribution >= 0.6 is 11.3 Å². The van der Waals surface area contributed by atoms with Crippen molar-refractivity contribution in [3.8, 4) is 0 Å². The molecule has 19 heavy (non-hydrogen) atoms. The Balaban J connectivity index is 3.19. The van der Waals surface area contributed by atoms with Gasteiger partial charge in [-0.2, -0.15) is 0 Å². The molecule has 0 amide bonds. The van der Waals surface area contributed by atoms with E-state index >= 15 is 0 Å². The molecule has 0 aliphatic heterocycles. The molecular formula is C14H24N2O2S. The van der Waals surface area contributed by atoms with Gasteiger partial charge in [0.15, 0.2) is 5.13 Å². The number of carbonyl (C=O) groups is 1. The molecule has 0 saturated heterocycles. The van der Waals surface area contributed by atoms with E-state index in [1.165, 1.54) is 11.3 Å². The van der Waals surface area contributed by atoms with Crippen LogP contribution in [0.3, 0.4) is 0 Å². The Kier molecular flexibility index (Phi) is 5.35. The SMILES string of the molecule is CCCN(CCC)c1nc(C(C)(C)C)c(C(=O)O)s1. The van der Waals surface area contributed by atoms with Crippen molar-refractivity contribution in [1.82, 2.24) is 4.98 Å². The Labute approximate surface area is 119 Å². The molecule has 1 aromatic rings. The largest absolute Gasteiger partial charge is 0.477 e. The second-order valence-corrected chi connectivity index (χ2v) is 6.69. The number of aromatic carboxylic acids is 1. The summed E-state index contributed by atoms with van der Waals surface area (Å²) in [5.74, 6) is -0.873. The minimum atomic E-state index is -0.873. The molecule has 0 aromatic carbocycles. The van der Waals surface area contributed by atoms with Gasteiger partial charge in [-0.05, 0) is 12.8 Å². The van der Waals surface area contributed by atoms with Crippen molar-refractivity contribution >= 4 is 22.4 Å². The van der Waals surface area contributed by atoms with Crippen LogP contribution in [0.1, 0.15) is 62.8 Å². The summed E-state index contributed by atoms with van der Waals surface area (Å²) in [6, 6.07) is 0. The van der Waals surface area contributed by atoms with Gasteiger partial charge in [-0.25, -0.2) is 9.78 Å². The summed E-state index contributed by atoms with van der Waals surface area (Å²) >= 11 is 1.30. The number of carboxylic acids is 1. The summed E-state index contributed by atoms with van der Waals surface area (Å²) in [4.78, 5) is 18.5. The zero-order valence-corrected chi connectivity index (χ0v) is 13.3. The molecule has 4 nitrogen and oxygen atoms in total. The highest BCUT2D eigenvalue weighted by atomic mass is 32.1. The average Bonchev–Trinajstić information content (AvgIpc) is 2.73. The topological polar surface area (TPSA) is 53.4 Å². The van der Waals surface area contributed by atoms with Crippen LogP contribution in [0.15, 0.2) is 0 Å². The van der Waals surface area contributed by atoms with Gasteiger partial charge in [-0.3, -0.25) is 0 Å². The average molecular weight is 284 g/mol. The van der Waals surface area contributed by atoms with E-state index in [2.05, 4.69) is 23.7 Å². The lowest BCUT2D eigenvalue weighted by Gasteiger charge is -2.20. The Hall–Kier alpha value is -1.10. The number of rotatable bonds is 6. The highest BCUT2D eigenvalue weighted by molar-refractivity contribution is 7.17. The van der Waals surface area contributed by atoms with Crippen molar-refractivity contribution in [3.05, 3.63) is 10.6 Å². The molecule has 1 aromatic heterocycles. The summed E-state index contributed by atoms with van der Waals surface area (Å²) in [7, 11) is 0. The Morgan fingerprint density at radius 2 is 1.79 bits per heavy atom. The Bertz CT molecular complexity index is 429. The lowest BCUT2D eigenvalue weighted by molar-refractivity contribution is 0.0699. The first kappa shape index (κ1) is 16.0. The highest BCUT2D eigenvalue weighted by Gasteiger charge is 2.28. The van der Waals surface area contributed by atoms with Crippen LogP contribution in [0.25, 0.3) is 0 Å². The van der Waals surface area contributed by atoms with Gasteiger partial charge in [-0.15, -0.1) is 0 Å². The number of thiazole rings is 1. The van der Waals surface area contributed by atoms with Crippen LogP contribution in [0.4, 0.5) is 5.13 Å². The molecule has 0 unspecified atom stereocenters. The molecule has 0 bridgehead atoms. The lowest BCUT2D eigenvalue weighted by atomic mass is 9.91. The maximum atomic E-state index is 11.4. The fourth-order valence-corrected chi connectivity index (χ4v) is 3.11. The number of hydrogen-bond acceptors (Lipinski definition) is 4. The molecule has 0 aliphatic rings. The van der Waals surface area contributed by atoms with Crippen LogP contribution in [0.2, 0.25) is 0 Å². The summed E-state index contributed by atoms with van der Waals surface area (Å²) in [6.45, 7) is 12.1. The molecule has 0 aliphatic carbocycles. The van der Waals surface area contributed by atoms with Crippen LogP contribution in [0, 0.1) is 0 Å². The van der Waals surface area contributed by atoms with E-state index < -0.39 is 5.97 Å². The maximum Gasteiger partial charge on any atom is 0.347 e. The van der Waals surface area contributed by atoms with Crippen molar-refractivity contribution < 1.29 is 9.90 Å². The highest BCUT2D eigenvalue weighted by Crippen LogP contribution is 2.34. The molecule has 0 saturated carbocycles. The third kappa shape index (κ3) is 3.93. The van der Waals surface area contributed by atoms with Gasteiger partial charge in [0, 0.05) is 18.5 Å². The predicted molar refractivity (Wildman–Crippen MR) is 80.6 cm³/mol. The fraction of sp³-hybridized carbons (Fsp3) is 0.714. The first-order chi connectivity index (χ1) is 8.81.